The van der Waals surface area contributed by atoms with Crippen LogP contribution < -0.4 is 11.5 Å². The lowest BCUT2D eigenvalue weighted by Crippen LogP contribution is -2.62. The van der Waals surface area contributed by atoms with Gasteiger partial charge in [0.2, 0.25) is 5.78 Å². The Morgan fingerprint density at radius 2 is 2.30 bits per heavy atom. The molecule has 0 saturated heterocycles. The van der Waals surface area contributed by atoms with Crippen LogP contribution in [-0.4, -0.2) is 40.8 Å². The van der Waals surface area contributed by atoms with E-state index in [1.165, 1.54) is 0 Å². The highest BCUT2D eigenvalue weighted by Gasteiger charge is 2.44. The van der Waals surface area contributed by atoms with Crippen LogP contribution in [0.3, 0.4) is 0 Å². The summed E-state index contributed by atoms with van der Waals surface area (Å²) < 4.78 is 5.67. The fourth-order valence-corrected chi connectivity index (χ4v) is 3.13. The Kier molecular flexibility index (Phi) is 3.40. The Labute approximate surface area is 118 Å². The van der Waals surface area contributed by atoms with Crippen molar-refractivity contribution in [2.45, 2.75) is 50.2 Å². The largest absolute Gasteiger partial charge is 0.437 e. The molecule has 0 radical (unpaired) electrons. The fraction of sp³-hybridized carbons (Fsp3) is 0.714. The monoisotopic (exact) mass is 278 g/mol. The lowest BCUT2D eigenvalue weighted by Gasteiger charge is -2.36. The number of likely N-dealkylation sites (N-methyl/N-ethyl adjacent to an activating group) is 1. The number of fused-ring (bicyclic) bond motifs is 1. The lowest BCUT2D eigenvalue weighted by atomic mass is 9.75. The van der Waals surface area contributed by atoms with Crippen LogP contribution in [0.5, 0.6) is 0 Å². The Balaban J connectivity index is 1.87. The SMILES string of the molecule is CN1CCc2nc(C(=O)C3(N)CCCCC3N)oc2C1. The first-order valence-corrected chi connectivity index (χ1v) is 7.27. The third-order valence-corrected chi connectivity index (χ3v) is 4.56. The summed E-state index contributed by atoms with van der Waals surface area (Å²) in [5.41, 5.74) is 12.2. The molecule has 1 saturated carbocycles. The fourth-order valence-electron chi connectivity index (χ4n) is 3.13. The first kappa shape index (κ1) is 13.7. The zero-order valence-electron chi connectivity index (χ0n) is 11.9. The van der Waals surface area contributed by atoms with Crippen molar-refractivity contribution < 1.29 is 9.21 Å². The predicted octanol–water partition coefficient (Wildman–Crippen LogP) is 0.444. The van der Waals surface area contributed by atoms with Crippen LogP contribution in [0.4, 0.5) is 0 Å². The highest BCUT2D eigenvalue weighted by Crippen LogP contribution is 2.29. The summed E-state index contributed by atoms with van der Waals surface area (Å²) in [5.74, 6) is 0.696. The molecule has 0 aromatic carbocycles. The molecule has 6 nitrogen and oxygen atoms in total. The van der Waals surface area contributed by atoms with Gasteiger partial charge in [-0.3, -0.25) is 9.69 Å². The van der Waals surface area contributed by atoms with Crippen LogP contribution in [0.15, 0.2) is 4.42 Å². The smallest absolute Gasteiger partial charge is 0.265 e. The van der Waals surface area contributed by atoms with Crippen molar-refractivity contribution in [2.75, 3.05) is 13.6 Å². The van der Waals surface area contributed by atoms with E-state index in [0.29, 0.717) is 13.0 Å². The molecule has 0 amide bonds. The number of hydrogen-bond acceptors (Lipinski definition) is 6. The number of ketones is 1. The summed E-state index contributed by atoms with van der Waals surface area (Å²) in [6.07, 6.45) is 4.16. The van der Waals surface area contributed by atoms with Gasteiger partial charge in [-0.25, -0.2) is 4.98 Å². The van der Waals surface area contributed by atoms with Crippen molar-refractivity contribution in [3.05, 3.63) is 17.3 Å². The minimum Gasteiger partial charge on any atom is -0.437 e. The van der Waals surface area contributed by atoms with E-state index in [-0.39, 0.29) is 17.7 Å². The lowest BCUT2D eigenvalue weighted by molar-refractivity contribution is 0.0782. The zero-order valence-corrected chi connectivity index (χ0v) is 11.9. The van der Waals surface area contributed by atoms with Gasteiger partial charge in [0, 0.05) is 19.0 Å². The number of carbonyl (C=O) groups excluding carboxylic acids is 1. The maximum atomic E-state index is 12.7. The molecule has 1 aromatic rings. The summed E-state index contributed by atoms with van der Waals surface area (Å²) in [6, 6.07) is -0.310. The number of Topliss-reactive ketones (excluding diaryl/α,β-unsaturated/α-hetero) is 1. The highest BCUT2D eigenvalue weighted by atomic mass is 16.4. The van der Waals surface area contributed by atoms with Crippen molar-refractivity contribution >= 4 is 5.78 Å². The highest BCUT2D eigenvalue weighted by molar-refractivity contribution is 6.00. The van der Waals surface area contributed by atoms with Gasteiger partial charge in [-0.05, 0) is 19.9 Å². The van der Waals surface area contributed by atoms with Crippen LogP contribution in [0, 0.1) is 0 Å². The van der Waals surface area contributed by atoms with Crippen LogP contribution >= 0.6 is 0 Å². The average molecular weight is 278 g/mol. The molecule has 2 unspecified atom stereocenters. The van der Waals surface area contributed by atoms with E-state index in [4.69, 9.17) is 15.9 Å². The number of aromatic nitrogens is 1. The molecule has 1 aliphatic heterocycles. The van der Waals surface area contributed by atoms with Gasteiger partial charge in [0.05, 0.1) is 17.8 Å². The van der Waals surface area contributed by atoms with Gasteiger partial charge in [0.1, 0.15) is 5.76 Å². The van der Waals surface area contributed by atoms with Crippen LogP contribution in [-0.2, 0) is 13.0 Å². The maximum absolute atomic E-state index is 12.7. The molecule has 0 bridgehead atoms. The number of nitrogens with zero attached hydrogens (tertiary/aromatic N) is 2. The Hall–Kier alpha value is -1.24. The zero-order chi connectivity index (χ0) is 14.3. The molecule has 4 N–H and O–H groups in total. The quantitative estimate of drug-likeness (QED) is 0.762. The van der Waals surface area contributed by atoms with E-state index in [9.17, 15) is 4.79 Å². The second kappa shape index (κ2) is 4.95. The molecule has 2 aliphatic rings. The van der Waals surface area contributed by atoms with Crippen molar-refractivity contribution in [1.29, 1.82) is 0 Å². The van der Waals surface area contributed by atoms with Gasteiger partial charge in [0.15, 0.2) is 0 Å². The topological polar surface area (TPSA) is 98.4 Å². The molecule has 3 rings (SSSR count). The summed E-state index contributed by atoms with van der Waals surface area (Å²) in [4.78, 5) is 19.2. The third-order valence-electron chi connectivity index (χ3n) is 4.56. The van der Waals surface area contributed by atoms with Crippen molar-refractivity contribution in [3.8, 4) is 0 Å². The number of nitrogens with two attached hydrogens (primary N) is 2. The molecule has 110 valence electrons. The van der Waals surface area contributed by atoms with Crippen LogP contribution in [0.2, 0.25) is 0 Å². The molecular formula is C14H22N4O2. The number of rotatable bonds is 2. The van der Waals surface area contributed by atoms with E-state index >= 15 is 0 Å². The van der Waals surface area contributed by atoms with Crippen molar-refractivity contribution in [1.82, 2.24) is 9.88 Å². The number of carbonyl (C=O) groups is 1. The van der Waals surface area contributed by atoms with E-state index < -0.39 is 5.54 Å². The summed E-state index contributed by atoms with van der Waals surface area (Å²) >= 11 is 0. The molecule has 0 spiro atoms. The van der Waals surface area contributed by atoms with E-state index in [1.54, 1.807) is 0 Å². The predicted molar refractivity (Wildman–Crippen MR) is 74.2 cm³/mol. The van der Waals surface area contributed by atoms with Gasteiger partial charge < -0.3 is 15.9 Å². The Bertz CT molecular complexity index is 527. The van der Waals surface area contributed by atoms with Gasteiger partial charge in [-0.1, -0.05) is 12.8 Å². The molecule has 1 aliphatic carbocycles. The molecule has 2 atom stereocenters. The van der Waals surface area contributed by atoms with E-state index in [0.717, 1.165) is 43.7 Å². The number of hydrogen-bond donors (Lipinski definition) is 2. The van der Waals surface area contributed by atoms with Gasteiger partial charge >= 0.3 is 0 Å². The van der Waals surface area contributed by atoms with Gasteiger partial charge in [0.25, 0.3) is 5.89 Å². The minimum atomic E-state index is -1.02. The first-order valence-electron chi connectivity index (χ1n) is 7.27. The second-order valence-electron chi connectivity index (χ2n) is 6.10. The van der Waals surface area contributed by atoms with E-state index in [2.05, 4.69) is 9.88 Å². The van der Waals surface area contributed by atoms with Crippen LogP contribution in [0.1, 0.15) is 47.8 Å². The normalized spacial score (nSPS) is 31.1. The number of oxazole rings is 1. The van der Waals surface area contributed by atoms with Gasteiger partial charge in [-0.15, -0.1) is 0 Å². The molecule has 20 heavy (non-hydrogen) atoms. The first-order chi connectivity index (χ1) is 9.50. The molecule has 1 fully saturated rings. The standard InChI is InChI=1S/C14H22N4O2/c1-18-7-5-9-10(8-18)20-13(17-9)12(19)14(16)6-3-2-4-11(14)15/h11H,2-8,15-16H2,1H3. The van der Waals surface area contributed by atoms with E-state index in [1.807, 2.05) is 7.05 Å². The average Bonchev–Trinajstić information content (AvgIpc) is 2.84. The molecule has 1 aromatic heterocycles. The summed E-state index contributed by atoms with van der Waals surface area (Å²) in [6.45, 7) is 1.62. The summed E-state index contributed by atoms with van der Waals surface area (Å²) in [7, 11) is 2.02. The van der Waals surface area contributed by atoms with Gasteiger partial charge in [-0.2, -0.15) is 0 Å². The Morgan fingerprint density at radius 3 is 3.05 bits per heavy atom. The maximum Gasteiger partial charge on any atom is 0.265 e. The third kappa shape index (κ3) is 2.17. The van der Waals surface area contributed by atoms with Crippen molar-refractivity contribution in [2.24, 2.45) is 11.5 Å². The Morgan fingerprint density at radius 1 is 1.50 bits per heavy atom. The molecule has 2 heterocycles. The van der Waals surface area contributed by atoms with Crippen LogP contribution in [0.25, 0.3) is 0 Å². The van der Waals surface area contributed by atoms with Crippen molar-refractivity contribution in [3.63, 3.8) is 0 Å². The molecular weight excluding hydrogens is 256 g/mol. The summed E-state index contributed by atoms with van der Waals surface area (Å²) in [5, 5.41) is 0. The minimum absolute atomic E-state index is 0.144. The molecule has 6 heteroatoms. The second-order valence-corrected chi connectivity index (χ2v) is 6.10.